The minimum Gasteiger partial charge on any atom is -0.403 e. The van der Waals surface area contributed by atoms with Crippen LogP contribution in [0.5, 0.6) is 0 Å². The lowest BCUT2D eigenvalue weighted by Crippen LogP contribution is -2.35. The van der Waals surface area contributed by atoms with E-state index in [1.165, 1.54) is 50.0 Å². The van der Waals surface area contributed by atoms with Crippen molar-refractivity contribution in [2.45, 2.75) is 72.6 Å². The molecule has 50 heavy (non-hydrogen) atoms. The molecular weight excluding hydrogens is 633 g/mol. The summed E-state index contributed by atoms with van der Waals surface area (Å²) >= 11 is 1.91. The van der Waals surface area contributed by atoms with Crippen molar-refractivity contribution in [1.29, 1.82) is 0 Å². The van der Waals surface area contributed by atoms with E-state index in [2.05, 4.69) is 137 Å². The van der Waals surface area contributed by atoms with Crippen LogP contribution in [0.2, 0.25) is 0 Å². The molecule has 0 radical (unpaired) electrons. The van der Waals surface area contributed by atoms with Crippen LogP contribution in [0, 0.1) is 12.8 Å². The number of nitrogens with two attached hydrogens (primary N) is 2. The summed E-state index contributed by atoms with van der Waals surface area (Å²) in [4.78, 5) is 5.98. The molecule has 0 fully saturated rings. The standard InChI is InChI=1S/C24H29N3S.C19H29N3/c1-15(2)14-28-27(5)13-18-6-8-19(9-7-18)24-21-12-25-17(4)20-10-16(3)11-22(26-24)23(20)21;1-7-16-17(9-8-10-18(16)21)15(5)22(6)19(13(2)3)12-11-14(4)20/h6-11,15,25-26H,4,12-14H2,1-3,5H3;7-10,15,19H,1-2,4,11-12,20-21H2,3,5-6H3. The first-order valence-electron chi connectivity index (χ1n) is 17.5. The quantitative estimate of drug-likeness (QED) is 0.0599. The van der Waals surface area contributed by atoms with Gasteiger partial charge in [-0.25, -0.2) is 4.31 Å². The van der Waals surface area contributed by atoms with E-state index in [-0.39, 0.29) is 12.1 Å². The van der Waals surface area contributed by atoms with Crippen molar-refractivity contribution in [2.24, 2.45) is 11.7 Å². The number of H-pyrrole nitrogens is 1. The summed E-state index contributed by atoms with van der Waals surface area (Å²) in [7, 11) is 4.28. The highest BCUT2D eigenvalue weighted by Gasteiger charge is 2.24. The van der Waals surface area contributed by atoms with Gasteiger partial charge in [0.15, 0.2) is 0 Å². The molecule has 2 heterocycles. The van der Waals surface area contributed by atoms with Gasteiger partial charge in [-0.05, 0) is 94.1 Å². The minimum absolute atomic E-state index is 0.198. The molecule has 5 rings (SSSR count). The van der Waals surface area contributed by atoms with Gasteiger partial charge < -0.3 is 21.8 Å². The third-order valence-electron chi connectivity index (χ3n) is 9.46. The maximum Gasteiger partial charge on any atom is 0.0515 e. The number of allylic oxidation sites excluding steroid dienone is 1. The Labute approximate surface area is 305 Å². The first-order valence-corrected chi connectivity index (χ1v) is 18.5. The van der Waals surface area contributed by atoms with Crippen molar-refractivity contribution in [1.82, 2.24) is 19.5 Å². The largest absolute Gasteiger partial charge is 0.403 e. The molecular formula is C43H58N6S. The maximum absolute atomic E-state index is 6.07. The third kappa shape index (κ3) is 9.33. The Morgan fingerprint density at radius 3 is 2.38 bits per heavy atom. The first kappa shape index (κ1) is 38.6. The Hall–Kier alpha value is -4.17. The monoisotopic (exact) mass is 690 g/mol. The van der Waals surface area contributed by atoms with Crippen molar-refractivity contribution < 1.29 is 0 Å². The van der Waals surface area contributed by atoms with Gasteiger partial charge in [-0.15, -0.1) is 0 Å². The Balaban J connectivity index is 0.000000233. The van der Waals surface area contributed by atoms with Gasteiger partial charge in [-0.2, -0.15) is 0 Å². The highest BCUT2D eigenvalue weighted by Crippen LogP contribution is 2.38. The SMILES string of the molecule is C=C1NCc2c(-c3ccc(CN(C)SCC(C)C)cc3)[nH]c3cc(C)cc1c23.C=Cc1c(N)cccc1C(C)N(C)C(CCC(=C)N)C(=C)C. The molecule has 0 aliphatic carbocycles. The van der Waals surface area contributed by atoms with E-state index in [9.17, 15) is 0 Å². The van der Waals surface area contributed by atoms with Crippen molar-refractivity contribution in [2.75, 3.05) is 25.6 Å². The molecule has 0 spiro atoms. The molecule has 4 aromatic rings. The van der Waals surface area contributed by atoms with Gasteiger partial charge in [0.05, 0.1) is 5.69 Å². The highest BCUT2D eigenvalue weighted by molar-refractivity contribution is 7.96. The molecule has 2 unspecified atom stereocenters. The fraction of sp³-hybridized carbons (Fsp3) is 0.349. The van der Waals surface area contributed by atoms with E-state index in [0.717, 1.165) is 54.2 Å². The Kier molecular flexibility index (Phi) is 13.3. The summed E-state index contributed by atoms with van der Waals surface area (Å²) < 4.78 is 2.33. The third-order valence-corrected chi connectivity index (χ3v) is 10.8. The van der Waals surface area contributed by atoms with Crippen LogP contribution in [0.25, 0.3) is 33.9 Å². The van der Waals surface area contributed by atoms with Crippen LogP contribution in [0.15, 0.2) is 92.2 Å². The van der Waals surface area contributed by atoms with E-state index < -0.39 is 0 Å². The molecule has 7 heteroatoms. The smallest absolute Gasteiger partial charge is 0.0515 e. The lowest BCUT2D eigenvalue weighted by Gasteiger charge is -2.35. The number of anilines is 1. The number of aromatic amines is 1. The van der Waals surface area contributed by atoms with Gasteiger partial charge in [-0.1, -0.05) is 100 Å². The van der Waals surface area contributed by atoms with Crippen LogP contribution in [0.1, 0.15) is 80.0 Å². The summed E-state index contributed by atoms with van der Waals surface area (Å²) in [6.07, 6.45) is 3.53. The second-order valence-corrected chi connectivity index (χ2v) is 15.4. The van der Waals surface area contributed by atoms with Gasteiger partial charge in [0.2, 0.25) is 0 Å². The topological polar surface area (TPSA) is 86.3 Å². The summed E-state index contributed by atoms with van der Waals surface area (Å²) in [5.41, 5.74) is 26.4. The number of hydrogen-bond acceptors (Lipinski definition) is 6. The number of rotatable bonds is 14. The molecule has 1 aromatic heterocycles. The number of nitrogen functional groups attached to an aromatic ring is 1. The summed E-state index contributed by atoms with van der Waals surface area (Å²) in [6, 6.07) is 19.9. The highest BCUT2D eigenvalue weighted by atomic mass is 32.2. The average Bonchev–Trinajstić information content (AvgIpc) is 3.43. The van der Waals surface area contributed by atoms with E-state index in [0.29, 0.717) is 11.6 Å². The number of hydrogen-bond donors (Lipinski definition) is 4. The molecule has 0 saturated heterocycles. The van der Waals surface area contributed by atoms with Crippen molar-refractivity contribution in [3.63, 3.8) is 0 Å². The summed E-state index contributed by atoms with van der Waals surface area (Å²) in [5, 5.41) is 4.78. The van der Waals surface area contributed by atoms with Crippen LogP contribution < -0.4 is 16.8 Å². The molecule has 0 saturated carbocycles. The first-order chi connectivity index (χ1) is 23.7. The number of nitrogens with one attached hydrogen (secondary N) is 2. The molecule has 1 aliphatic rings. The summed E-state index contributed by atoms with van der Waals surface area (Å²) in [6.45, 7) is 28.7. The maximum atomic E-state index is 6.07. The molecule has 2 atom stereocenters. The second kappa shape index (κ2) is 17.2. The van der Waals surface area contributed by atoms with Crippen LogP contribution in [0.4, 0.5) is 5.69 Å². The van der Waals surface area contributed by atoms with Crippen LogP contribution in [0.3, 0.4) is 0 Å². The van der Waals surface area contributed by atoms with Crippen molar-refractivity contribution in [3.8, 4) is 11.3 Å². The Morgan fingerprint density at radius 2 is 1.76 bits per heavy atom. The van der Waals surface area contributed by atoms with Crippen molar-refractivity contribution in [3.05, 3.63) is 126 Å². The van der Waals surface area contributed by atoms with E-state index in [1.54, 1.807) is 0 Å². The molecule has 3 aromatic carbocycles. The number of aryl methyl sites for hydroxylation is 1. The predicted molar refractivity (Wildman–Crippen MR) is 221 cm³/mol. The zero-order valence-electron chi connectivity index (χ0n) is 31.3. The molecule has 0 amide bonds. The van der Waals surface area contributed by atoms with Crippen molar-refractivity contribution >= 4 is 40.3 Å². The lowest BCUT2D eigenvalue weighted by molar-refractivity contribution is 0.200. The predicted octanol–water partition coefficient (Wildman–Crippen LogP) is 10.1. The van der Waals surface area contributed by atoms with Gasteiger partial charge in [0.1, 0.15) is 0 Å². The zero-order valence-corrected chi connectivity index (χ0v) is 32.1. The molecule has 6 nitrogen and oxygen atoms in total. The Morgan fingerprint density at radius 1 is 1.06 bits per heavy atom. The van der Waals surface area contributed by atoms with E-state index in [4.69, 9.17) is 11.5 Å². The zero-order chi connectivity index (χ0) is 36.7. The fourth-order valence-corrected chi connectivity index (χ4v) is 7.46. The Bertz CT molecular complexity index is 1830. The normalized spacial score (nSPS) is 13.6. The van der Waals surface area contributed by atoms with Crippen LogP contribution in [-0.2, 0) is 13.1 Å². The van der Waals surface area contributed by atoms with Gasteiger partial charge >= 0.3 is 0 Å². The van der Waals surface area contributed by atoms with E-state index in [1.807, 2.05) is 30.2 Å². The lowest BCUT2D eigenvalue weighted by atomic mass is 9.95. The summed E-state index contributed by atoms with van der Waals surface area (Å²) in [5.74, 6) is 1.87. The van der Waals surface area contributed by atoms with Crippen LogP contribution in [-0.4, -0.2) is 40.1 Å². The second-order valence-electron chi connectivity index (χ2n) is 14.2. The molecule has 6 N–H and O–H groups in total. The van der Waals surface area contributed by atoms with Crippen LogP contribution >= 0.6 is 11.9 Å². The van der Waals surface area contributed by atoms with Gasteiger partial charge in [-0.3, -0.25) is 4.90 Å². The molecule has 0 bridgehead atoms. The number of likely N-dealkylation sites (N-methyl/N-ethyl adjacent to an activating group) is 1. The fourth-order valence-electron chi connectivity index (χ4n) is 6.66. The molecule has 266 valence electrons. The average molecular weight is 691 g/mol. The van der Waals surface area contributed by atoms with Gasteiger partial charge in [0.25, 0.3) is 0 Å². The minimum atomic E-state index is 0.198. The number of aromatic nitrogens is 1. The number of nitrogens with zero attached hydrogens (tertiary/aromatic N) is 2. The number of benzene rings is 3. The van der Waals surface area contributed by atoms with E-state index >= 15 is 0 Å². The molecule has 1 aliphatic heterocycles. The van der Waals surface area contributed by atoms with Gasteiger partial charge in [0, 0.05) is 75.6 Å².